The molecule has 0 aromatic heterocycles. The van der Waals surface area contributed by atoms with E-state index in [0.717, 1.165) is 9.80 Å². The summed E-state index contributed by atoms with van der Waals surface area (Å²) >= 11 is 0. The summed E-state index contributed by atoms with van der Waals surface area (Å²) in [5.41, 5.74) is 6.03. The number of benzene rings is 3. The van der Waals surface area contributed by atoms with Crippen LogP contribution in [-0.2, 0) is 10.2 Å². The lowest BCUT2D eigenvalue weighted by atomic mass is 9.64. The summed E-state index contributed by atoms with van der Waals surface area (Å²) in [5, 5.41) is 0. The quantitative estimate of drug-likeness (QED) is 0.122. The fourth-order valence-corrected chi connectivity index (χ4v) is 7.37. The molecule has 0 radical (unpaired) electrons. The number of carbonyl (C=O) groups is 3. The van der Waals surface area contributed by atoms with Gasteiger partial charge in [-0.15, -0.1) is 0 Å². The molecule has 1 saturated heterocycles. The summed E-state index contributed by atoms with van der Waals surface area (Å²) in [7, 11) is 1.23. The number of nitrogens with two attached hydrogens (primary N) is 1. The van der Waals surface area contributed by atoms with Crippen molar-refractivity contribution in [2.75, 3.05) is 46.3 Å². The van der Waals surface area contributed by atoms with Crippen molar-refractivity contribution in [3.8, 4) is 0 Å². The smallest absolute Gasteiger partial charge is 0.369 e. The molecule has 53 heavy (non-hydrogen) atoms. The number of fused-ring (bicyclic) bond motifs is 1. The van der Waals surface area contributed by atoms with Crippen molar-refractivity contribution in [1.29, 1.82) is 0 Å². The Morgan fingerprint density at radius 2 is 1.19 bits per heavy atom. The normalized spacial score (nSPS) is 17.5. The number of rotatable bonds is 17. The molecule has 3 amide bonds. The van der Waals surface area contributed by atoms with Gasteiger partial charge in [-0.25, -0.2) is 0 Å². The van der Waals surface area contributed by atoms with Crippen LogP contribution in [0, 0.1) is 5.92 Å². The van der Waals surface area contributed by atoms with E-state index in [1.165, 1.54) is 24.1 Å². The van der Waals surface area contributed by atoms with Crippen LogP contribution in [0.1, 0.15) is 57.5 Å². The van der Waals surface area contributed by atoms with Crippen LogP contribution in [0.3, 0.4) is 0 Å². The molecule has 2 heterocycles. The summed E-state index contributed by atoms with van der Waals surface area (Å²) in [4.78, 5) is 41.6. The molecule has 2 aliphatic heterocycles. The van der Waals surface area contributed by atoms with E-state index < -0.39 is 78.7 Å². The minimum absolute atomic E-state index is 0.0346. The summed E-state index contributed by atoms with van der Waals surface area (Å²) in [6.07, 6.45) is -3.45. The van der Waals surface area contributed by atoms with Crippen molar-refractivity contribution in [2.24, 2.45) is 11.7 Å². The van der Waals surface area contributed by atoms with Crippen LogP contribution < -0.4 is 5.73 Å². The SMILES string of the molecule is CN(CCCN1C(=O)c2ccccc2C1=O)CCC(F)(F)C(F)(F)C(F)(F)C(F)(F)CCN1CCC(C(C(N)=O)(c2ccccc2)c2ccccc2)C1. The largest absolute Gasteiger partial charge is 0.378 e. The molecule has 2 N–H and O–H groups in total. The van der Waals surface area contributed by atoms with Crippen LogP contribution in [0.25, 0.3) is 0 Å². The third kappa shape index (κ3) is 7.29. The van der Waals surface area contributed by atoms with Crippen molar-refractivity contribution in [3.63, 3.8) is 0 Å². The Hall–Kier alpha value is -4.37. The molecule has 2 aliphatic rings. The fraction of sp³-hybridized carbons (Fsp3) is 0.447. The van der Waals surface area contributed by atoms with Crippen LogP contribution in [-0.4, -0.2) is 102 Å². The molecule has 3 aromatic carbocycles. The molecule has 0 saturated carbocycles. The molecule has 1 fully saturated rings. The van der Waals surface area contributed by atoms with Crippen molar-refractivity contribution in [3.05, 3.63) is 107 Å². The second-order valence-corrected chi connectivity index (χ2v) is 13.7. The monoisotopic (exact) mass is 752 g/mol. The minimum Gasteiger partial charge on any atom is -0.369 e. The van der Waals surface area contributed by atoms with Gasteiger partial charge in [-0.1, -0.05) is 72.8 Å². The number of likely N-dealkylation sites (tertiary alicyclic amines) is 1. The summed E-state index contributed by atoms with van der Waals surface area (Å²) in [5.74, 6) is -26.3. The number of nitrogens with zero attached hydrogens (tertiary/aromatic N) is 3. The number of alkyl halides is 8. The van der Waals surface area contributed by atoms with E-state index >= 15 is 8.78 Å². The Labute approximate surface area is 301 Å². The summed E-state index contributed by atoms with van der Waals surface area (Å²) < 4.78 is 119. The van der Waals surface area contributed by atoms with Gasteiger partial charge in [-0.2, -0.15) is 35.1 Å². The van der Waals surface area contributed by atoms with Gasteiger partial charge in [0.1, 0.15) is 5.41 Å². The van der Waals surface area contributed by atoms with E-state index in [1.54, 1.807) is 72.8 Å². The van der Waals surface area contributed by atoms with Crippen molar-refractivity contribution in [1.82, 2.24) is 14.7 Å². The Balaban J connectivity index is 1.18. The highest BCUT2D eigenvalue weighted by Gasteiger charge is 2.79. The summed E-state index contributed by atoms with van der Waals surface area (Å²) in [6.45, 7) is -1.97. The number of primary amides is 1. The van der Waals surface area contributed by atoms with Crippen LogP contribution in [0.2, 0.25) is 0 Å². The Kier molecular flexibility index (Phi) is 11.4. The topological polar surface area (TPSA) is 87.0 Å². The fourth-order valence-electron chi connectivity index (χ4n) is 7.37. The van der Waals surface area contributed by atoms with Crippen LogP contribution in [0.5, 0.6) is 0 Å². The highest BCUT2D eigenvalue weighted by Crippen LogP contribution is 2.55. The van der Waals surface area contributed by atoms with E-state index in [0.29, 0.717) is 11.1 Å². The van der Waals surface area contributed by atoms with Gasteiger partial charge in [0.2, 0.25) is 5.91 Å². The molecule has 0 aliphatic carbocycles. The molecule has 1 unspecified atom stereocenters. The maximum atomic E-state index is 15.0. The van der Waals surface area contributed by atoms with E-state index in [9.17, 15) is 40.7 Å². The lowest BCUT2D eigenvalue weighted by Gasteiger charge is -2.38. The lowest BCUT2D eigenvalue weighted by molar-refractivity contribution is -0.368. The van der Waals surface area contributed by atoms with Gasteiger partial charge in [0.25, 0.3) is 11.8 Å². The molecule has 0 spiro atoms. The van der Waals surface area contributed by atoms with E-state index in [-0.39, 0.29) is 50.1 Å². The molecular weight excluding hydrogens is 712 g/mol. The van der Waals surface area contributed by atoms with Gasteiger partial charge in [0.05, 0.1) is 11.1 Å². The molecule has 5 rings (SSSR count). The van der Waals surface area contributed by atoms with Crippen LogP contribution in [0.15, 0.2) is 84.9 Å². The van der Waals surface area contributed by atoms with Crippen molar-refractivity contribution < 1.29 is 49.5 Å². The van der Waals surface area contributed by atoms with E-state index in [2.05, 4.69) is 0 Å². The number of carbonyl (C=O) groups excluding carboxylic acids is 3. The van der Waals surface area contributed by atoms with Gasteiger partial charge in [-0.05, 0) is 62.2 Å². The van der Waals surface area contributed by atoms with Crippen molar-refractivity contribution in [2.45, 2.75) is 54.8 Å². The van der Waals surface area contributed by atoms with Gasteiger partial charge in [-0.3, -0.25) is 19.3 Å². The standard InChI is InChI=1S/C38H40F8N4O3/c1-48(20-10-21-50-31(51)29-15-8-9-16-30(29)32(50)52)23-18-34(39,40)37(43,44)38(45,46)35(41,42)19-24-49-22-17-28(25-49)36(33(47)53,26-11-4-2-5-12-26)27-13-6-3-7-14-27/h2-9,11-16,28H,10,17-25H2,1H3,(H2,47,53). The first-order valence-electron chi connectivity index (χ1n) is 17.2. The first kappa shape index (κ1) is 39.8. The number of halogens is 8. The molecule has 3 aromatic rings. The maximum absolute atomic E-state index is 15.0. The van der Waals surface area contributed by atoms with Gasteiger partial charge in [0, 0.05) is 39.0 Å². The van der Waals surface area contributed by atoms with E-state index in [1.807, 2.05) is 0 Å². The third-order valence-corrected chi connectivity index (χ3v) is 10.4. The second kappa shape index (κ2) is 15.2. The molecule has 1 atom stereocenters. The molecular formula is C38H40F8N4O3. The number of imide groups is 1. The first-order valence-corrected chi connectivity index (χ1v) is 17.2. The average molecular weight is 753 g/mol. The average Bonchev–Trinajstić information content (AvgIpc) is 3.70. The zero-order valence-electron chi connectivity index (χ0n) is 28.9. The molecule has 0 bridgehead atoms. The predicted molar refractivity (Wildman–Crippen MR) is 180 cm³/mol. The zero-order chi connectivity index (χ0) is 38.8. The second-order valence-electron chi connectivity index (χ2n) is 13.7. The number of hydrogen-bond acceptors (Lipinski definition) is 5. The minimum atomic E-state index is -6.42. The molecule has 15 heteroatoms. The van der Waals surface area contributed by atoms with Gasteiger partial charge in [0.15, 0.2) is 0 Å². The highest BCUT2D eigenvalue weighted by molar-refractivity contribution is 6.21. The highest BCUT2D eigenvalue weighted by atomic mass is 19.4. The van der Waals surface area contributed by atoms with E-state index in [4.69, 9.17) is 5.73 Å². The lowest BCUT2D eigenvalue weighted by Crippen LogP contribution is -2.63. The number of hydrogen-bond donors (Lipinski definition) is 1. The molecule has 286 valence electrons. The number of amides is 3. The first-order chi connectivity index (χ1) is 24.9. The van der Waals surface area contributed by atoms with Gasteiger partial charge < -0.3 is 15.5 Å². The zero-order valence-corrected chi connectivity index (χ0v) is 28.9. The third-order valence-electron chi connectivity index (χ3n) is 10.4. The van der Waals surface area contributed by atoms with Crippen LogP contribution in [0.4, 0.5) is 35.1 Å². The maximum Gasteiger partial charge on any atom is 0.378 e. The van der Waals surface area contributed by atoms with Crippen molar-refractivity contribution >= 4 is 17.7 Å². The Bertz CT molecular complexity index is 1700. The summed E-state index contributed by atoms with van der Waals surface area (Å²) in [6, 6.07) is 23.1. The van der Waals surface area contributed by atoms with Gasteiger partial charge >= 0.3 is 23.7 Å². The molecule has 7 nitrogen and oxygen atoms in total. The predicted octanol–water partition coefficient (Wildman–Crippen LogP) is 6.72. The van der Waals surface area contributed by atoms with Crippen LogP contribution >= 0.6 is 0 Å². The Morgan fingerprint density at radius 1 is 0.717 bits per heavy atom. The Morgan fingerprint density at radius 3 is 1.68 bits per heavy atom.